The van der Waals surface area contributed by atoms with Gasteiger partial charge in [0.1, 0.15) is 0 Å². The number of hydrogen-bond donors (Lipinski definition) is 0. The average molecular weight is 418 g/mol. The molecule has 0 unspecified atom stereocenters. The molecule has 3 aromatic carbocycles. The van der Waals surface area contributed by atoms with Gasteiger partial charge in [-0.1, -0.05) is 35.9 Å². The number of aryl methyl sites for hydroxylation is 1. The van der Waals surface area contributed by atoms with Gasteiger partial charge in [0.25, 0.3) is 0 Å². The quantitative estimate of drug-likeness (QED) is 0.462. The molecule has 0 fully saturated rings. The number of rotatable bonds is 4. The van der Waals surface area contributed by atoms with Crippen molar-refractivity contribution in [2.75, 3.05) is 6.79 Å². The molecule has 0 bridgehead atoms. The molecule has 1 aromatic heterocycles. The summed E-state index contributed by atoms with van der Waals surface area (Å²) in [6, 6.07) is 21.8. The highest BCUT2D eigenvalue weighted by Gasteiger charge is 2.19. The Bertz CT molecular complexity index is 1350. The first kappa shape index (κ1) is 18.4. The third-order valence-corrected chi connectivity index (χ3v) is 6.22. The summed E-state index contributed by atoms with van der Waals surface area (Å²) in [6.07, 6.45) is 1.70. The van der Waals surface area contributed by atoms with Gasteiger partial charge < -0.3 is 14.3 Å². The van der Waals surface area contributed by atoms with Gasteiger partial charge in [0, 0.05) is 17.0 Å². The predicted octanol–water partition coefficient (Wildman–Crippen LogP) is 4.36. The molecule has 1 aliphatic heterocycles. The minimum atomic E-state index is -3.91. The van der Waals surface area contributed by atoms with Gasteiger partial charge in [0.2, 0.25) is 12.5 Å². The fourth-order valence-electron chi connectivity index (χ4n) is 3.39. The maximum absolute atomic E-state index is 13.0. The van der Waals surface area contributed by atoms with Crippen LogP contribution in [0.3, 0.4) is 0 Å². The number of sulfonamides is 1. The lowest BCUT2D eigenvalue weighted by Gasteiger charge is -2.18. The zero-order valence-corrected chi connectivity index (χ0v) is 17.0. The summed E-state index contributed by atoms with van der Waals surface area (Å²) in [6.45, 7) is 2.08. The number of aromatic nitrogens is 1. The fraction of sp³-hybridized carbons (Fsp3) is 0.0870. The molecule has 0 saturated carbocycles. The van der Waals surface area contributed by atoms with Crippen LogP contribution in [0.4, 0.5) is 0 Å². The molecule has 0 atom stereocenters. The Labute approximate surface area is 174 Å². The van der Waals surface area contributed by atoms with Crippen molar-refractivity contribution in [2.24, 2.45) is 0 Å². The van der Waals surface area contributed by atoms with Crippen molar-refractivity contribution < 1.29 is 22.6 Å². The minimum Gasteiger partial charge on any atom is -0.454 e. The van der Waals surface area contributed by atoms with E-state index in [-0.39, 0.29) is 11.7 Å². The SMILES string of the molecule is Cc1ccc(S(=O)(=O)[N-][n+]2cc3cc4c(cc3cc2-c2ccccc2)OCO4)cc1. The maximum Gasteiger partial charge on any atom is 0.231 e. The van der Waals surface area contributed by atoms with Crippen LogP contribution >= 0.6 is 0 Å². The van der Waals surface area contributed by atoms with Crippen molar-refractivity contribution in [3.63, 3.8) is 0 Å². The summed E-state index contributed by atoms with van der Waals surface area (Å²) in [5.74, 6) is 1.30. The van der Waals surface area contributed by atoms with E-state index in [1.807, 2.05) is 55.5 Å². The van der Waals surface area contributed by atoms with Crippen molar-refractivity contribution in [3.8, 4) is 22.8 Å². The van der Waals surface area contributed by atoms with Crippen molar-refractivity contribution in [1.82, 2.24) is 0 Å². The fourth-order valence-corrected chi connectivity index (χ4v) is 4.33. The van der Waals surface area contributed by atoms with Crippen LogP contribution < -0.4 is 14.1 Å². The van der Waals surface area contributed by atoms with Crippen LogP contribution in [0, 0.1) is 6.92 Å². The molecule has 30 heavy (non-hydrogen) atoms. The predicted molar refractivity (Wildman–Crippen MR) is 113 cm³/mol. The van der Waals surface area contributed by atoms with E-state index in [0.717, 1.165) is 21.9 Å². The first-order valence-electron chi connectivity index (χ1n) is 9.39. The van der Waals surface area contributed by atoms with Crippen LogP contribution in [0.15, 0.2) is 83.9 Å². The second kappa shape index (κ2) is 7.03. The van der Waals surface area contributed by atoms with Crippen LogP contribution in [0.2, 0.25) is 0 Å². The second-order valence-electron chi connectivity index (χ2n) is 7.07. The molecule has 2 heterocycles. The van der Waals surface area contributed by atoms with Crippen LogP contribution in [0.5, 0.6) is 11.5 Å². The van der Waals surface area contributed by atoms with Gasteiger partial charge in [-0.25, -0.2) is 13.1 Å². The van der Waals surface area contributed by atoms with Gasteiger partial charge in [-0.2, -0.15) is 0 Å². The van der Waals surface area contributed by atoms with E-state index in [0.29, 0.717) is 17.2 Å². The van der Waals surface area contributed by atoms with E-state index in [2.05, 4.69) is 4.83 Å². The molecule has 0 amide bonds. The van der Waals surface area contributed by atoms with Crippen LogP contribution in [-0.2, 0) is 10.0 Å². The number of pyridine rings is 1. The molecule has 0 saturated heterocycles. The third kappa shape index (κ3) is 3.33. The zero-order chi connectivity index (χ0) is 20.7. The summed E-state index contributed by atoms with van der Waals surface area (Å²) in [5.41, 5.74) is 2.48. The standard InChI is InChI=1S/C23H18N2O4S/c1-16-7-9-20(10-8-16)30(26,27)24-25-14-19-13-23-22(28-15-29-23)12-18(19)11-21(25)17-5-3-2-4-6-17/h2-14H,15H2,1H3. The molecule has 5 rings (SSSR count). The first-order chi connectivity index (χ1) is 14.5. The van der Waals surface area contributed by atoms with Gasteiger partial charge in [-0.15, -0.1) is 0 Å². The molecule has 150 valence electrons. The van der Waals surface area contributed by atoms with Crippen molar-refractivity contribution in [3.05, 3.63) is 89.4 Å². The topological polar surface area (TPSA) is 70.6 Å². The van der Waals surface area contributed by atoms with Gasteiger partial charge >= 0.3 is 0 Å². The molecule has 0 radical (unpaired) electrons. The van der Waals surface area contributed by atoms with Gasteiger partial charge in [-0.05, 0) is 48.7 Å². The molecule has 4 aromatic rings. The highest BCUT2D eigenvalue weighted by Crippen LogP contribution is 2.36. The summed E-state index contributed by atoms with van der Waals surface area (Å²) in [4.78, 5) is 4.27. The number of nitrogens with zero attached hydrogens (tertiary/aromatic N) is 2. The molecule has 1 aliphatic rings. The van der Waals surface area contributed by atoms with Gasteiger partial charge in [0.15, 0.2) is 27.7 Å². The Balaban J connectivity index is 1.67. The minimum absolute atomic E-state index is 0.144. The Kier molecular flexibility index (Phi) is 4.33. The monoisotopic (exact) mass is 418 g/mol. The van der Waals surface area contributed by atoms with Gasteiger partial charge in [-0.3, -0.25) is 0 Å². The van der Waals surface area contributed by atoms with Crippen LogP contribution in [0.25, 0.3) is 26.9 Å². The highest BCUT2D eigenvalue weighted by atomic mass is 32.2. The van der Waals surface area contributed by atoms with E-state index in [9.17, 15) is 8.42 Å². The first-order valence-corrected chi connectivity index (χ1v) is 10.8. The molecule has 6 nitrogen and oxygen atoms in total. The van der Waals surface area contributed by atoms with Crippen molar-refractivity contribution in [2.45, 2.75) is 11.8 Å². The third-order valence-electron chi connectivity index (χ3n) is 4.96. The summed E-state index contributed by atoms with van der Waals surface area (Å²) in [5, 5.41) is 1.69. The van der Waals surface area contributed by atoms with Gasteiger partial charge in [0.05, 0.1) is 4.90 Å². The highest BCUT2D eigenvalue weighted by molar-refractivity contribution is 7.93. The summed E-state index contributed by atoms with van der Waals surface area (Å²) >= 11 is 0. The van der Waals surface area contributed by atoms with Crippen LogP contribution in [-0.4, -0.2) is 15.2 Å². The normalized spacial score (nSPS) is 12.8. The molecule has 7 heteroatoms. The maximum atomic E-state index is 13.0. The molecule has 0 aliphatic carbocycles. The molecular formula is C23H18N2O4S. The number of hydrogen-bond acceptors (Lipinski definition) is 4. The Hall–Kier alpha value is -3.58. The zero-order valence-electron chi connectivity index (χ0n) is 16.1. The Morgan fingerprint density at radius 2 is 1.53 bits per heavy atom. The Morgan fingerprint density at radius 1 is 0.867 bits per heavy atom. The number of benzene rings is 3. The number of fused-ring (bicyclic) bond motifs is 2. The lowest BCUT2D eigenvalue weighted by atomic mass is 10.1. The average Bonchev–Trinajstić information content (AvgIpc) is 3.19. The molecular weight excluding hydrogens is 400 g/mol. The lowest BCUT2D eigenvalue weighted by Crippen LogP contribution is -2.34. The van der Waals surface area contributed by atoms with E-state index >= 15 is 0 Å². The van der Waals surface area contributed by atoms with E-state index in [4.69, 9.17) is 9.47 Å². The number of ether oxygens (including phenoxy) is 2. The van der Waals surface area contributed by atoms with Crippen LogP contribution in [0.1, 0.15) is 5.56 Å². The smallest absolute Gasteiger partial charge is 0.231 e. The molecule has 0 spiro atoms. The summed E-state index contributed by atoms with van der Waals surface area (Å²) in [7, 11) is -3.91. The summed E-state index contributed by atoms with van der Waals surface area (Å²) < 4.78 is 38.3. The Morgan fingerprint density at radius 3 is 2.23 bits per heavy atom. The largest absolute Gasteiger partial charge is 0.454 e. The van der Waals surface area contributed by atoms with E-state index in [1.165, 1.54) is 4.68 Å². The lowest BCUT2D eigenvalue weighted by molar-refractivity contribution is -0.600. The van der Waals surface area contributed by atoms with Crippen molar-refractivity contribution >= 4 is 20.8 Å². The van der Waals surface area contributed by atoms with E-state index in [1.54, 1.807) is 30.5 Å². The second-order valence-corrected chi connectivity index (χ2v) is 8.66. The van der Waals surface area contributed by atoms with E-state index < -0.39 is 10.0 Å². The molecule has 0 N–H and O–H groups in total. The van der Waals surface area contributed by atoms with Crippen molar-refractivity contribution in [1.29, 1.82) is 0 Å².